The van der Waals surface area contributed by atoms with Crippen LogP contribution in [0.25, 0.3) is 0 Å². The Hall–Kier alpha value is -0.820. The minimum atomic E-state index is 0.627. The van der Waals surface area contributed by atoms with Crippen LogP contribution >= 0.6 is 0 Å². The highest BCUT2D eigenvalue weighted by atomic mass is 16.5. The molecule has 0 aliphatic carbocycles. The summed E-state index contributed by atoms with van der Waals surface area (Å²) >= 11 is 0. The van der Waals surface area contributed by atoms with Gasteiger partial charge in [0, 0.05) is 5.92 Å². The maximum Gasteiger partial charge on any atom is 0.0519 e. The molecule has 2 rings (SSSR count). The molecule has 0 amide bonds. The minimum absolute atomic E-state index is 0.627. The van der Waals surface area contributed by atoms with Crippen LogP contribution in [0.3, 0.4) is 0 Å². The predicted molar refractivity (Wildman–Crippen MR) is 67.9 cm³/mol. The van der Waals surface area contributed by atoms with Crippen molar-refractivity contribution < 1.29 is 4.74 Å². The lowest BCUT2D eigenvalue weighted by molar-refractivity contribution is -0.0313. The van der Waals surface area contributed by atoms with Gasteiger partial charge in [0.2, 0.25) is 0 Å². The van der Waals surface area contributed by atoms with Gasteiger partial charge in [-0.3, -0.25) is 0 Å². The van der Waals surface area contributed by atoms with Gasteiger partial charge in [0.05, 0.1) is 13.2 Å². The highest BCUT2D eigenvalue weighted by Crippen LogP contribution is 2.26. The molecule has 0 unspecified atom stereocenters. The summed E-state index contributed by atoms with van der Waals surface area (Å²) in [6.45, 7) is 8.69. The number of benzene rings is 1. The Morgan fingerprint density at radius 3 is 2.56 bits per heavy atom. The van der Waals surface area contributed by atoms with Crippen LogP contribution in [0.15, 0.2) is 18.2 Å². The summed E-state index contributed by atoms with van der Waals surface area (Å²) in [5.74, 6) is 1.38. The van der Waals surface area contributed by atoms with Gasteiger partial charge in [0.15, 0.2) is 0 Å². The van der Waals surface area contributed by atoms with Crippen LogP contribution in [-0.4, -0.2) is 13.2 Å². The average Bonchev–Trinajstić information content (AvgIpc) is 2.22. The van der Waals surface area contributed by atoms with Crippen molar-refractivity contribution in [1.29, 1.82) is 0 Å². The molecule has 16 heavy (non-hydrogen) atoms. The third-order valence-electron chi connectivity index (χ3n) is 3.45. The molecular formula is C15H22O. The van der Waals surface area contributed by atoms with Crippen molar-refractivity contribution >= 4 is 0 Å². The lowest BCUT2D eigenvalue weighted by atomic mass is 9.88. The van der Waals surface area contributed by atoms with Crippen LogP contribution in [0.1, 0.15) is 43.4 Å². The van der Waals surface area contributed by atoms with E-state index in [9.17, 15) is 0 Å². The molecule has 88 valence electrons. The topological polar surface area (TPSA) is 9.23 Å². The van der Waals surface area contributed by atoms with E-state index in [0.717, 1.165) is 25.6 Å². The molecule has 1 heteroatoms. The molecule has 1 fully saturated rings. The summed E-state index contributed by atoms with van der Waals surface area (Å²) in [5.41, 5.74) is 4.52. The molecule has 1 aliphatic heterocycles. The fraction of sp³-hybridized carbons (Fsp3) is 0.600. The van der Waals surface area contributed by atoms with E-state index in [1.54, 1.807) is 5.56 Å². The first-order valence-electron chi connectivity index (χ1n) is 6.40. The van der Waals surface area contributed by atoms with E-state index in [4.69, 9.17) is 4.74 Å². The number of hydrogen-bond acceptors (Lipinski definition) is 1. The molecule has 0 spiro atoms. The molecule has 1 aromatic rings. The highest BCUT2D eigenvalue weighted by Gasteiger charge is 2.20. The second-order valence-corrected chi connectivity index (χ2v) is 5.15. The lowest BCUT2D eigenvalue weighted by Gasteiger charge is -2.27. The Balaban J connectivity index is 2.22. The predicted octanol–water partition coefficient (Wildman–Crippen LogP) is 3.56. The minimum Gasteiger partial charge on any atom is -0.381 e. The Morgan fingerprint density at radius 2 is 2.06 bits per heavy atom. The molecule has 0 saturated carbocycles. The Bertz CT molecular complexity index is 350. The summed E-state index contributed by atoms with van der Waals surface area (Å²) in [7, 11) is 0. The van der Waals surface area contributed by atoms with Crippen LogP contribution in [0.5, 0.6) is 0 Å². The summed E-state index contributed by atoms with van der Waals surface area (Å²) < 4.78 is 5.26. The number of aryl methyl sites for hydroxylation is 1. The maximum absolute atomic E-state index is 5.26. The average molecular weight is 218 g/mol. The molecule has 1 aliphatic rings. The first-order chi connectivity index (χ1) is 7.70. The van der Waals surface area contributed by atoms with Gasteiger partial charge in [0.25, 0.3) is 0 Å². The lowest BCUT2D eigenvalue weighted by Crippen LogP contribution is -2.29. The van der Waals surface area contributed by atoms with Gasteiger partial charge < -0.3 is 4.74 Å². The van der Waals surface area contributed by atoms with E-state index in [1.807, 2.05) is 0 Å². The standard InChI is InChI=1S/C15H22O/c1-4-12-5-6-15(11(2)3)14(7-12)8-13-9-16-10-13/h5-7,11,13H,4,8-10H2,1-3H3. The van der Waals surface area contributed by atoms with E-state index in [2.05, 4.69) is 39.0 Å². The van der Waals surface area contributed by atoms with Gasteiger partial charge in [-0.15, -0.1) is 0 Å². The van der Waals surface area contributed by atoms with Gasteiger partial charge in [-0.1, -0.05) is 39.0 Å². The normalized spacial score (nSPS) is 16.5. The zero-order valence-corrected chi connectivity index (χ0v) is 10.6. The largest absolute Gasteiger partial charge is 0.381 e. The van der Waals surface area contributed by atoms with Gasteiger partial charge >= 0.3 is 0 Å². The van der Waals surface area contributed by atoms with E-state index < -0.39 is 0 Å². The number of ether oxygens (including phenoxy) is 1. The van der Waals surface area contributed by atoms with Crippen LogP contribution < -0.4 is 0 Å². The van der Waals surface area contributed by atoms with Crippen molar-refractivity contribution in [2.75, 3.05) is 13.2 Å². The van der Waals surface area contributed by atoms with Gasteiger partial charge in [-0.25, -0.2) is 0 Å². The molecule has 0 bridgehead atoms. The van der Waals surface area contributed by atoms with Crippen LogP contribution in [0.2, 0.25) is 0 Å². The van der Waals surface area contributed by atoms with Crippen LogP contribution in [0, 0.1) is 5.92 Å². The first kappa shape index (κ1) is 11.7. The van der Waals surface area contributed by atoms with Crippen molar-refractivity contribution in [1.82, 2.24) is 0 Å². The zero-order chi connectivity index (χ0) is 11.5. The number of rotatable bonds is 4. The summed E-state index contributed by atoms with van der Waals surface area (Å²) in [6, 6.07) is 6.99. The summed E-state index contributed by atoms with van der Waals surface area (Å²) in [5, 5.41) is 0. The monoisotopic (exact) mass is 218 g/mol. The Labute approximate surface area is 98.8 Å². The molecule has 0 aromatic heterocycles. The summed E-state index contributed by atoms with van der Waals surface area (Å²) in [4.78, 5) is 0. The molecular weight excluding hydrogens is 196 g/mol. The van der Waals surface area contributed by atoms with Crippen molar-refractivity contribution in [2.45, 2.75) is 39.5 Å². The Kier molecular flexibility index (Phi) is 3.65. The van der Waals surface area contributed by atoms with Gasteiger partial charge in [0.1, 0.15) is 0 Å². The van der Waals surface area contributed by atoms with Crippen LogP contribution in [-0.2, 0) is 17.6 Å². The highest BCUT2D eigenvalue weighted by molar-refractivity contribution is 5.34. The Morgan fingerprint density at radius 1 is 1.31 bits per heavy atom. The second kappa shape index (κ2) is 5.01. The van der Waals surface area contributed by atoms with Crippen molar-refractivity contribution in [3.8, 4) is 0 Å². The molecule has 1 aromatic carbocycles. The van der Waals surface area contributed by atoms with Crippen molar-refractivity contribution in [3.05, 3.63) is 34.9 Å². The van der Waals surface area contributed by atoms with E-state index in [1.165, 1.54) is 17.5 Å². The van der Waals surface area contributed by atoms with E-state index in [-0.39, 0.29) is 0 Å². The third-order valence-corrected chi connectivity index (χ3v) is 3.45. The SMILES string of the molecule is CCc1ccc(C(C)C)c(CC2COC2)c1. The fourth-order valence-electron chi connectivity index (χ4n) is 2.33. The van der Waals surface area contributed by atoms with E-state index in [0.29, 0.717) is 5.92 Å². The zero-order valence-electron chi connectivity index (χ0n) is 10.6. The molecule has 1 nitrogen and oxygen atoms in total. The van der Waals surface area contributed by atoms with Crippen LogP contribution in [0.4, 0.5) is 0 Å². The first-order valence-corrected chi connectivity index (χ1v) is 6.40. The summed E-state index contributed by atoms with van der Waals surface area (Å²) in [6.07, 6.45) is 2.33. The fourth-order valence-corrected chi connectivity index (χ4v) is 2.33. The molecule has 0 atom stereocenters. The molecule has 1 heterocycles. The second-order valence-electron chi connectivity index (χ2n) is 5.15. The third kappa shape index (κ3) is 2.46. The molecule has 1 saturated heterocycles. The smallest absolute Gasteiger partial charge is 0.0519 e. The van der Waals surface area contributed by atoms with Crippen molar-refractivity contribution in [2.24, 2.45) is 5.92 Å². The van der Waals surface area contributed by atoms with Gasteiger partial charge in [-0.05, 0) is 35.4 Å². The van der Waals surface area contributed by atoms with Crippen molar-refractivity contribution in [3.63, 3.8) is 0 Å². The molecule has 0 radical (unpaired) electrons. The molecule has 0 N–H and O–H groups in total. The van der Waals surface area contributed by atoms with Gasteiger partial charge in [-0.2, -0.15) is 0 Å². The number of hydrogen-bond donors (Lipinski definition) is 0. The quantitative estimate of drug-likeness (QED) is 0.751. The maximum atomic E-state index is 5.26. The van der Waals surface area contributed by atoms with E-state index >= 15 is 0 Å².